The minimum atomic E-state index is 0.0710. The number of nitrogens with zero attached hydrogens (tertiary/aromatic N) is 2. The van der Waals surface area contributed by atoms with Crippen molar-refractivity contribution in [2.24, 2.45) is 5.92 Å². The number of carbonyl (C=O) groups excluding carboxylic acids is 1. The zero-order chi connectivity index (χ0) is 15.4. The Labute approximate surface area is 140 Å². The molecule has 1 heterocycles. The van der Waals surface area contributed by atoms with E-state index in [1.165, 1.54) is 6.42 Å². The molecule has 0 saturated carbocycles. The van der Waals surface area contributed by atoms with Gasteiger partial charge in [-0.2, -0.15) is 0 Å². The fraction of sp³-hybridized carbons (Fsp3) is 0.562. The molecule has 5 heteroatoms. The highest BCUT2D eigenvalue weighted by Crippen LogP contribution is 2.21. The Morgan fingerprint density at radius 2 is 1.90 bits per heavy atom. The van der Waals surface area contributed by atoms with E-state index in [0.29, 0.717) is 10.6 Å². The predicted octanol–water partition coefficient (Wildman–Crippen LogP) is 3.91. The maximum atomic E-state index is 12.5. The summed E-state index contributed by atoms with van der Waals surface area (Å²) in [7, 11) is 0. The van der Waals surface area contributed by atoms with Gasteiger partial charge in [-0.25, -0.2) is 0 Å². The van der Waals surface area contributed by atoms with E-state index >= 15 is 0 Å². The number of carbonyl (C=O) groups is 1. The Morgan fingerprint density at radius 1 is 1.24 bits per heavy atom. The van der Waals surface area contributed by atoms with Gasteiger partial charge in [0.1, 0.15) is 0 Å². The molecule has 0 spiro atoms. The molecular weight excluding hydrogens is 352 g/mol. The molecule has 3 nitrogen and oxygen atoms in total. The normalized spacial score (nSPS) is 16.5. The Hall–Kier alpha value is -0.580. The average molecular weight is 374 g/mol. The molecule has 1 saturated heterocycles. The summed E-state index contributed by atoms with van der Waals surface area (Å²) in [4.78, 5) is 16.9. The van der Waals surface area contributed by atoms with Crippen molar-refractivity contribution in [3.05, 3.63) is 33.3 Å². The summed E-state index contributed by atoms with van der Waals surface area (Å²) in [6, 6.07) is 5.36. The van der Waals surface area contributed by atoms with Crippen molar-refractivity contribution in [2.75, 3.05) is 32.7 Å². The zero-order valence-electron chi connectivity index (χ0n) is 12.6. The van der Waals surface area contributed by atoms with Crippen LogP contribution in [0.1, 0.15) is 30.6 Å². The van der Waals surface area contributed by atoms with E-state index in [-0.39, 0.29) is 5.91 Å². The first-order valence-corrected chi connectivity index (χ1v) is 8.60. The lowest BCUT2D eigenvalue weighted by molar-refractivity contribution is 0.0632. The van der Waals surface area contributed by atoms with Crippen LogP contribution in [0.2, 0.25) is 5.02 Å². The quantitative estimate of drug-likeness (QED) is 0.799. The first-order chi connectivity index (χ1) is 9.95. The molecule has 1 aliphatic rings. The Balaban J connectivity index is 1.91. The van der Waals surface area contributed by atoms with Crippen LogP contribution in [0.5, 0.6) is 0 Å². The molecule has 116 valence electrons. The van der Waals surface area contributed by atoms with Gasteiger partial charge in [-0.3, -0.25) is 9.69 Å². The van der Waals surface area contributed by atoms with Crippen LogP contribution in [0.4, 0.5) is 0 Å². The van der Waals surface area contributed by atoms with Gasteiger partial charge < -0.3 is 4.90 Å². The number of benzene rings is 1. The third-order valence-electron chi connectivity index (χ3n) is 3.79. The van der Waals surface area contributed by atoms with Gasteiger partial charge in [0.05, 0.1) is 0 Å². The molecule has 0 radical (unpaired) electrons. The van der Waals surface area contributed by atoms with Crippen LogP contribution in [0.3, 0.4) is 0 Å². The standard InChI is InChI=1S/C16H22BrClN2O/c1-12(2)3-4-19-5-7-20(8-6-19)16(21)13-9-14(17)11-15(18)10-13/h9-12H,3-8H2,1-2H3. The molecule has 0 aliphatic carbocycles. The maximum absolute atomic E-state index is 12.5. The van der Waals surface area contributed by atoms with Crippen LogP contribution < -0.4 is 0 Å². The van der Waals surface area contributed by atoms with Crippen molar-refractivity contribution in [3.8, 4) is 0 Å². The van der Waals surface area contributed by atoms with E-state index in [0.717, 1.165) is 43.1 Å². The van der Waals surface area contributed by atoms with Crippen LogP contribution in [-0.2, 0) is 0 Å². The van der Waals surface area contributed by atoms with Gasteiger partial charge in [-0.1, -0.05) is 41.4 Å². The van der Waals surface area contributed by atoms with E-state index < -0.39 is 0 Å². The van der Waals surface area contributed by atoms with E-state index in [2.05, 4.69) is 34.7 Å². The summed E-state index contributed by atoms with van der Waals surface area (Å²) in [5.74, 6) is 0.801. The highest BCUT2D eigenvalue weighted by molar-refractivity contribution is 9.10. The topological polar surface area (TPSA) is 23.6 Å². The van der Waals surface area contributed by atoms with Crippen molar-refractivity contribution in [2.45, 2.75) is 20.3 Å². The fourth-order valence-electron chi connectivity index (χ4n) is 2.48. The van der Waals surface area contributed by atoms with Crippen molar-refractivity contribution < 1.29 is 4.79 Å². The van der Waals surface area contributed by atoms with E-state index in [9.17, 15) is 4.79 Å². The summed E-state index contributed by atoms with van der Waals surface area (Å²) in [6.45, 7) is 9.12. The van der Waals surface area contributed by atoms with Gasteiger partial charge >= 0.3 is 0 Å². The second kappa shape index (κ2) is 7.61. The first kappa shape index (κ1) is 16.8. The third kappa shape index (κ3) is 4.97. The Morgan fingerprint density at radius 3 is 2.48 bits per heavy atom. The van der Waals surface area contributed by atoms with Gasteiger partial charge in [0, 0.05) is 41.2 Å². The second-order valence-electron chi connectivity index (χ2n) is 5.97. The fourth-order valence-corrected chi connectivity index (χ4v) is 3.34. The molecular formula is C16H22BrClN2O. The summed E-state index contributed by atoms with van der Waals surface area (Å²) in [5, 5.41) is 0.586. The number of hydrogen-bond donors (Lipinski definition) is 0. The minimum absolute atomic E-state index is 0.0710. The highest BCUT2D eigenvalue weighted by Gasteiger charge is 2.22. The van der Waals surface area contributed by atoms with E-state index in [1.54, 1.807) is 12.1 Å². The van der Waals surface area contributed by atoms with Crippen LogP contribution in [-0.4, -0.2) is 48.4 Å². The summed E-state index contributed by atoms with van der Waals surface area (Å²) in [6.07, 6.45) is 1.22. The van der Waals surface area contributed by atoms with Crippen LogP contribution in [0.25, 0.3) is 0 Å². The minimum Gasteiger partial charge on any atom is -0.336 e. The Bertz CT molecular complexity index is 479. The van der Waals surface area contributed by atoms with Gasteiger partial charge in [-0.05, 0) is 37.1 Å². The van der Waals surface area contributed by atoms with Gasteiger partial charge in [-0.15, -0.1) is 0 Å². The van der Waals surface area contributed by atoms with Crippen molar-refractivity contribution in [1.29, 1.82) is 0 Å². The number of amides is 1. The first-order valence-electron chi connectivity index (χ1n) is 7.43. The van der Waals surface area contributed by atoms with Crippen LogP contribution >= 0.6 is 27.5 Å². The lowest BCUT2D eigenvalue weighted by Crippen LogP contribution is -2.49. The smallest absolute Gasteiger partial charge is 0.254 e. The number of piperazine rings is 1. The lowest BCUT2D eigenvalue weighted by atomic mass is 10.1. The van der Waals surface area contributed by atoms with E-state index in [4.69, 9.17) is 11.6 Å². The van der Waals surface area contributed by atoms with Crippen molar-refractivity contribution in [3.63, 3.8) is 0 Å². The predicted molar refractivity (Wildman–Crippen MR) is 91.0 cm³/mol. The highest BCUT2D eigenvalue weighted by atomic mass is 79.9. The molecule has 1 aliphatic heterocycles. The van der Waals surface area contributed by atoms with Gasteiger partial charge in [0.2, 0.25) is 0 Å². The summed E-state index contributed by atoms with van der Waals surface area (Å²) in [5.41, 5.74) is 0.657. The van der Waals surface area contributed by atoms with E-state index in [1.807, 2.05) is 11.0 Å². The largest absolute Gasteiger partial charge is 0.336 e. The van der Waals surface area contributed by atoms with Crippen LogP contribution in [0, 0.1) is 5.92 Å². The van der Waals surface area contributed by atoms with Crippen molar-refractivity contribution >= 4 is 33.4 Å². The van der Waals surface area contributed by atoms with Gasteiger partial charge in [0.15, 0.2) is 0 Å². The molecule has 21 heavy (non-hydrogen) atoms. The number of halogens is 2. The summed E-state index contributed by atoms with van der Waals surface area (Å²) < 4.78 is 0.842. The third-order valence-corrected chi connectivity index (χ3v) is 4.47. The lowest BCUT2D eigenvalue weighted by Gasteiger charge is -2.35. The zero-order valence-corrected chi connectivity index (χ0v) is 15.0. The number of rotatable bonds is 4. The molecule has 1 amide bonds. The molecule has 1 aromatic carbocycles. The van der Waals surface area contributed by atoms with Crippen molar-refractivity contribution in [1.82, 2.24) is 9.80 Å². The molecule has 0 bridgehead atoms. The molecule has 0 atom stereocenters. The maximum Gasteiger partial charge on any atom is 0.254 e. The molecule has 0 aromatic heterocycles. The molecule has 1 aromatic rings. The molecule has 1 fully saturated rings. The molecule has 2 rings (SSSR count). The van der Waals surface area contributed by atoms with Gasteiger partial charge in [0.25, 0.3) is 5.91 Å². The monoisotopic (exact) mass is 372 g/mol. The summed E-state index contributed by atoms with van der Waals surface area (Å²) >= 11 is 9.40. The molecule has 0 unspecified atom stereocenters. The SMILES string of the molecule is CC(C)CCN1CCN(C(=O)c2cc(Cl)cc(Br)c2)CC1. The molecule has 0 N–H and O–H groups in total. The Kier molecular flexibility index (Phi) is 6.08. The number of hydrogen-bond acceptors (Lipinski definition) is 2. The van der Waals surface area contributed by atoms with Crippen LogP contribution in [0.15, 0.2) is 22.7 Å². The average Bonchev–Trinajstić information content (AvgIpc) is 2.44. The second-order valence-corrected chi connectivity index (χ2v) is 7.33.